The van der Waals surface area contributed by atoms with E-state index in [2.05, 4.69) is 15.0 Å². The number of nitrogens with zero attached hydrogens (tertiary/aromatic N) is 3. The zero-order valence-corrected chi connectivity index (χ0v) is 14.8. The molecule has 0 radical (unpaired) electrons. The number of fused-ring (bicyclic) bond motifs is 3. The van der Waals surface area contributed by atoms with Gasteiger partial charge in [0.2, 0.25) is 5.91 Å². The summed E-state index contributed by atoms with van der Waals surface area (Å²) in [5.41, 5.74) is 6.39. The average Bonchev–Trinajstić information content (AvgIpc) is 3.05. The van der Waals surface area contributed by atoms with Crippen LogP contribution in [0.3, 0.4) is 0 Å². The Bertz CT molecular complexity index is 961. The third-order valence-electron chi connectivity index (χ3n) is 4.58. The number of nitrogens with two attached hydrogens (primary N) is 1. The number of amides is 2. The van der Waals surface area contributed by atoms with Gasteiger partial charge in [-0.2, -0.15) is 8.78 Å². The van der Waals surface area contributed by atoms with E-state index >= 15 is 0 Å². The molecule has 0 aliphatic carbocycles. The van der Waals surface area contributed by atoms with Crippen LogP contribution in [0.25, 0.3) is 11.4 Å². The van der Waals surface area contributed by atoms with Crippen LogP contribution in [0.4, 0.5) is 25.1 Å². The first-order chi connectivity index (χ1) is 13.3. The predicted octanol–water partition coefficient (Wildman–Crippen LogP) is 1.78. The Kier molecular flexibility index (Phi) is 4.09. The minimum Gasteiger partial charge on any atom is -0.491 e. The van der Waals surface area contributed by atoms with E-state index in [-0.39, 0.29) is 12.4 Å². The highest BCUT2D eigenvalue weighted by Crippen LogP contribution is 2.39. The Hall–Kier alpha value is -3.37. The molecule has 1 unspecified atom stereocenters. The molecule has 1 atom stereocenters. The maximum absolute atomic E-state index is 13.7. The molecule has 28 heavy (non-hydrogen) atoms. The van der Waals surface area contributed by atoms with Crippen LogP contribution in [0.1, 0.15) is 6.92 Å². The fourth-order valence-electron chi connectivity index (χ4n) is 3.13. The number of anilines is 2. The number of benzene rings is 1. The smallest absolute Gasteiger partial charge is 0.422 e. The number of halogens is 2. The van der Waals surface area contributed by atoms with Gasteiger partial charge in [-0.1, -0.05) is 0 Å². The summed E-state index contributed by atoms with van der Waals surface area (Å²) in [6.07, 6.45) is -3.21. The number of nitrogens with one attached hydrogen (secondary N) is 1. The molecule has 0 bridgehead atoms. The lowest BCUT2D eigenvalue weighted by Crippen LogP contribution is -2.37. The summed E-state index contributed by atoms with van der Waals surface area (Å²) >= 11 is 0. The minimum absolute atomic E-state index is 0.0271. The maximum atomic E-state index is 13.7. The molecule has 0 spiro atoms. The lowest BCUT2D eigenvalue weighted by Gasteiger charge is -2.17. The number of aromatic nitrogens is 2. The molecule has 2 aliphatic rings. The SMILES string of the molecule is CC1N(c2cn3c(n2)-c2ccc(NCC(N)=O)cc2OCC3)C(=O)OC1(F)F. The molecule has 2 amide bonds. The second-order valence-electron chi connectivity index (χ2n) is 6.47. The Morgan fingerprint density at radius 1 is 1.46 bits per heavy atom. The second-order valence-corrected chi connectivity index (χ2v) is 6.47. The number of imidazole rings is 1. The van der Waals surface area contributed by atoms with E-state index in [0.717, 1.165) is 4.90 Å². The van der Waals surface area contributed by atoms with E-state index in [0.29, 0.717) is 36.0 Å². The fraction of sp³-hybridized carbons (Fsp3) is 0.353. The summed E-state index contributed by atoms with van der Waals surface area (Å²) in [5.74, 6) is 0.555. The van der Waals surface area contributed by atoms with Crippen LogP contribution in [0.15, 0.2) is 24.4 Å². The number of hydrogen-bond donors (Lipinski definition) is 2. The van der Waals surface area contributed by atoms with E-state index in [9.17, 15) is 18.4 Å². The van der Waals surface area contributed by atoms with Crippen LogP contribution in [0.2, 0.25) is 0 Å². The lowest BCUT2D eigenvalue weighted by molar-refractivity contribution is -0.183. The van der Waals surface area contributed by atoms with Gasteiger partial charge in [0.15, 0.2) is 5.82 Å². The van der Waals surface area contributed by atoms with Crippen molar-refractivity contribution < 1.29 is 27.8 Å². The normalized spacial score (nSPS) is 19.9. The van der Waals surface area contributed by atoms with Gasteiger partial charge in [-0.05, 0) is 19.1 Å². The number of primary amides is 1. The van der Waals surface area contributed by atoms with Crippen molar-refractivity contribution in [2.45, 2.75) is 25.6 Å². The number of carbonyl (C=O) groups excluding carboxylic acids is 2. The molecule has 2 aliphatic heterocycles. The summed E-state index contributed by atoms with van der Waals surface area (Å²) in [4.78, 5) is 28.1. The number of ether oxygens (including phenoxy) is 2. The van der Waals surface area contributed by atoms with Crippen molar-refractivity contribution >= 4 is 23.5 Å². The van der Waals surface area contributed by atoms with E-state index in [1.54, 1.807) is 22.8 Å². The number of rotatable bonds is 4. The zero-order chi connectivity index (χ0) is 20.1. The van der Waals surface area contributed by atoms with Gasteiger partial charge < -0.3 is 25.1 Å². The summed E-state index contributed by atoms with van der Waals surface area (Å²) in [5, 5.41) is 2.87. The molecule has 3 N–H and O–H groups in total. The van der Waals surface area contributed by atoms with Crippen LogP contribution in [0.5, 0.6) is 5.75 Å². The Morgan fingerprint density at radius 3 is 2.93 bits per heavy atom. The molecule has 1 saturated heterocycles. The maximum Gasteiger partial charge on any atom is 0.422 e. The molecule has 9 nitrogen and oxygen atoms in total. The standard InChI is InChI=1S/C17H17F2N5O4/c1-9-17(18,19)28-16(26)24(9)14-8-23-4-5-27-12-6-10(21-7-13(20)25)2-3-11(12)15(23)22-14/h2-3,6,8-9,21H,4-5,7H2,1H3,(H2,20,25). The average molecular weight is 393 g/mol. The molecule has 4 rings (SSSR count). The Balaban J connectivity index is 1.69. The molecular weight excluding hydrogens is 376 g/mol. The molecule has 11 heteroatoms. The van der Waals surface area contributed by atoms with Crippen molar-refractivity contribution in [1.82, 2.24) is 9.55 Å². The number of cyclic esters (lactones) is 1. The Labute approximate surface area is 158 Å². The van der Waals surface area contributed by atoms with Gasteiger partial charge in [0.05, 0.1) is 18.7 Å². The summed E-state index contributed by atoms with van der Waals surface area (Å²) in [6, 6.07) is 3.67. The van der Waals surface area contributed by atoms with E-state index in [1.807, 2.05) is 0 Å². The molecule has 1 aromatic heterocycles. The van der Waals surface area contributed by atoms with Gasteiger partial charge in [-0.15, -0.1) is 0 Å². The zero-order valence-electron chi connectivity index (χ0n) is 14.8. The van der Waals surface area contributed by atoms with Crippen molar-refractivity contribution in [3.8, 4) is 17.1 Å². The van der Waals surface area contributed by atoms with Gasteiger partial charge >= 0.3 is 12.2 Å². The fourth-order valence-corrected chi connectivity index (χ4v) is 3.13. The number of hydrogen-bond acceptors (Lipinski definition) is 6. The molecule has 1 aromatic carbocycles. The number of carbonyl (C=O) groups is 2. The van der Waals surface area contributed by atoms with Crippen molar-refractivity contribution in [2.75, 3.05) is 23.4 Å². The largest absolute Gasteiger partial charge is 0.491 e. The minimum atomic E-state index is -3.58. The highest BCUT2D eigenvalue weighted by atomic mass is 19.3. The van der Waals surface area contributed by atoms with Crippen LogP contribution in [-0.4, -0.2) is 46.9 Å². The van der Waals surface area contributed by atoms with Crippen molar-refractivity contribution in [2.24, 2.45) is 5.73 Å². The van der Waals surface area contributed by atoms with E-state index in [1.165, 1.54) is 13.1 Å². The molecule has 3 heterocycles. The first kappa shape index (κ1) is 18.0. The first-order valence-corrected chi connectivity index (χ1v) is 8.53. The number of alkyl halides is 2. The molecule has 2 aromatic rings. The molecule has 1 fully saturated rings. The van der Waals surface area contributed by atoms with Crippen molar-refractivity contribution in [3.05, 3.63) is 24.4 Å². The monoisotopic (exact) mass is 393 g/mol. The van der Waals surface area contributed by atoms with Crippen molar-refractivity contribution in [1.29, 1.82) is 0 Å². The lowest BCUT2D eigenvalue weighted by atomic mass is 10.1. The second kappa shape index (κ2) is 6.36. The molecule has 148 valence electrons. The third-order valence-corrected chi connectivity index (χ3v) is 4.58. The molecule has 0 saturated carbocycles. The van der Waals surface area contributed by atoms with Crippen LogP contribution >= 0.6 is 0 Å². The van der Waals surface area contributed by atoms with E-state index in [4.69, 9.17) is 10.5 Å². The van der Waals surface area contributed by atoms with Crippen LogP contribution in [0, 0.1) is 0 Å². The highest BCUT2D eigenvalue weighted by molar-refractivity contribution is 5.90. The first-order valence-electron chi connectivity index (χ1n) is 8.53. The predicted molar refractivity (Wildman–Crippen MR) is 94.2 cm³/mol. The van der Waals surface area contributed by atoms with Crippen LogP contribution in [-0.2, 0) is 16.1 Å². The summed E-state index contributed by atoms with van der Waals surface area (Å²) in [6.45, 7) is 1.89. The van der Waals surface area contributed by atoms with Gasteiger partial charge in [0.25, 0.3) is 0 Å². The van der Waals surface area contributed by atoms with Gasteiger partial charge in [0, 0.05) is 18.0 Å². The quantitative estimate of drug-likeness (QED) is 0.819. The van der Waals surface area contributed by atoms with Crippen LogP contribution < -0.4 is 20.7 Å². The topological polar surface area (TPSA) is 112 Å². The van der Waals surface area contributed by atoms with Gasteiger partial charge in [0.1, 0.15) is 24.2 Å². The highest BCUT2D eigenvalue weighted by Gasteiger charge is 2.55. The van der Waals surface area contributed by atoms with Gasteiger partial charge in [-0.3, -0.25) is 4.79 Å². The summed E-state index contributed by atoms with van der Waals surface area (Å²) < 4.78 is 39.0. The third kappa shape index (κ3) is 2.98. The molecular formula is C17H17F2N5O4. The Morgan fingerprint density at radius 2 is 2.25 bits per heavy atom. The van der Waals surface area contributed by atoms with Gasteiger partial charge in [-0.25, -0.2) is 14.7 Å². The van der Waals surface area contributed by atoms with Crippen molar-refractivity contribution in [3.63, 3.8) is 0 Å². The summed E-state index contributed by atoms with van der Waals surface area (Å²) in [7, 11) is 0. The van der Waals surface area contributed by atoms with E-state index < -0.39 is 24.2 Å².